The Morgan fingerprint density at radius 2 is 2.15 bits per heavy atom. The minimum atomic E-state index is -0.593. The van der Waals surface area contributed by atoms with Crippen LogP contribution in [0.2, 0.25) is 0 Å². The molecule has 70 valence electrons. The fourth-order valence-electron chi connectivity index (χ4n) is 1.05. The van der Waals surface area contributed by atoms with Gasteiger partial charge in [0.15, 0.2) is 0 Å². The molecule has 2 N–H and O–H groups in total. The maximum Gasteiger partial charge on any atom is 0.122 e. The number of furan rings is 1. The van der Waals surface area contributed by atoms with Crippen molar-refractivity contribution < 1.29 is 4.42 Å². The lowest BCUT2D eigenvalue weighted by Crippen LogP contribution is -2.27. The highest BCUT2D eigenvalue weighted by molar-refractivity contribution is 5.15. The average molecular weight is 178 g/mol. The first-order valence-electron chi connectivity index (χ1n) is 4.20. The maximum atomic E-state index is 8.86. The Morgan fingerprint density at radius 3 is 2.54 bits per heavy atom. The maximum absolute atomic E-state index is 8.86. The van der Waals surface area contributed by atoms with Crippen molar-refractivity contribution in [1.29, 1.82) is 5.26 Å². The smallest absolute Gasteiger partial charge is 0.122 e. The van der Waals surface area contributed by atoms with E-state index in [1.165, 1.54) is 0 Å². The molecule has 3 heteroatoms. The molecule has 0 fully saturated rings. The summed E-state index contributed by atoms with van der Waals surface area (Å²) in [6, 6.07) is 5.46. The number of hydrogen-bond donors (Lipinski definition) is 1. The van der Waals surface area contributed by atoms with Crippen molar-refractivity contribution >= 4 is 0 Å². The third kappa shape index (κ3) is 1.90. The van der Waals surface area contributed by atoms with Gasteiger partial charge in [0.1, 0.15) is 11.5 Å². The quantitative estimate of drug-likeness (QED) is 0.754. The van der Waals surface area contributed by atoms with E-state index in [0.717, 1.165) is 5.76 Å². The summed E-state index contributed by atoms with van der Waals surface area (Å²) in [6.45, 7) is 5.46. The minimum absolute atomic E-state index is 0.369. The van der Waals surface area contributed by atoms with E-state index in [9.17, 15) is 0 Å². The second kappa shape index (κ2) is 3.23. The van der Waals surface area contributed by atoms with Gasteiger partial charge in [-0.2, -0.15) is 5.26 Å². The van der Waals surface area contributed by atoms with Crippen molar-refractivity contribution in [3.63, 3.8) is 0 Å². The molecule has 3 nitrogen and oxygen atoms in total. The van der Waals surface area contributed by atoms with Crippen LogP contribution in [0.25, 0.3) is 0 Å². The molecule has 1 heterocycles. The van der Waals surface area contributed by atoms with Gasteiger partial charge in [-0.15, -0.1) is 0 Å². The summed E-state index contributed by atoms with van der Waals surface area (Å²) in [5.74, 6) is 1.49. The molecule has 0 saturated carbocycles. The van der Waals surface area contributed by atoms with Crippen molar-refractivity contribution in [3.05, 3.63) is 23.7 Å². The molecule has 0 amide bonds. The molecule has 1 rings (SSSR count). The predicted molar refractivity (Wildman–Crippen MR) is 49.8 cm³/mol. The van der Waals surface area contributed by atoms with E-state index < -0.39 is 5.41 Å². The zero-order valence-corrected chi connectivity index (χ0v) is 8.16. The predicted octanol–water partition coefficient (Wildman–Crippen LogP) is 2.14. The summed E-state index contributed by atoms with van der Waals surface area (Å²) >= 11 is 0. The number of nitriles is 1. The van der Waals surface area contributed by atoms with E-state index in [4.69, 9.17) is 15.4 Å². The molecule has 1 unspecified atom stereocenters. The normalized spacial score (nSPS) is 13.8. The van der Waals surface area contributed by atoms with Crippen LogP contribution in [0, 0.1) is 23.7 Å². The zero-order valence-electron chi connectivity index (χ0n) is 8.16. The Labute approximate surface area is 78.1 Å². The van der Waals surface area contributed by atoms with E-state index >= 15 is 0 Å². The Balaban J connectivity index is 2.92. The van der Waals surface area contributed by atoms with Crippen LogP contribution in [0.5, 0.6) is 0 Å². The number of hydrogen-bond acceptors (Lipinski definition) is 3. The molecule has 1 aromatic heterocycles. The first-order chi connectivity index (χ1) is 5.97. The third-order valence-electron chi connectivity index (χ3n) is 2.13. The molecule has 1 atom stereocenters. The second-order valence-electron chi connectivity index (χ2n) is 3.76. The Hall–Kier alpha value is -1.27. The molecular weight excluding hydrogens is 164 g/mol. The van der Waals surface area contributed by atoms with Gasteiger partial charge < -0.3 is 10.2 Å². The van der Waals surface area contributed by atoms with E-state index in [1.807, 2.05) is 19.1 Å². The Bertz CT molecular complexity index is 333. The summed E-state index contributed by atoms with van der Waals surface area (Å²) in [5.41, 5.74) is 5.29. The highest BCUT2D eigenvalue weighted by atomic mass is 16.3. The van der Waals surface area contributed by atoms with Gasteiger partial charge in [-0.25, -0.2) is 0 Å². The first kappa shape index (κ1) is 9.82. The number of nitrogens with zero attached hydrogens (tertiary/aromatic N) is 1. The van der Waals surface area contributed by atoms with E-state index in [0.29, 0.717) is 5.76 Å². The molecule has 0 aliphatic carbocycles. The van der Waals surface area contributed by atoms with Crippen molar-refractivity contribution in [1.82, 2.24) is 0 Å². The van der Waals surface area contributed by atoms with Crippen molar-refractivity contribution in [2.75, 3.05) is 0 Å². The third-order valence-corrected chi connectivity index (χ3v) is 2.13. The number of nitrogens with two attached hydrogens (primary N) is 1. The van der Waals surface area contributed by atoms with Crippen LogP contribution in [-0.4, -0.2) is 0 Å². The fourth-order valence-corrected chi connectivity index (χ4v) is 1.05. The van der Waals surface area contributed by atoms with Crippen LogP contribution < -0.4 is 5.73 Å². The minimum Gasteiger partial charge on any atom is -0.465 e. The van der Waals surface area contributed by atoms with E-state index in [1.54, 1.807) is 13.8 Å². The largest absolute Gasteiger partial charge is 0.465 e. The van der Waals surface area contributed by atoms with Gasteiger partial charge in [0.2, 0.25) is 0 Å². The lowest BCUT2D eigenvalue weighted by molar-refractivity contribution is 0.328. The zero-order chi connectivity index (χ0) is 10.1. The van der Waals surface area contributed by atoms with E-state index in [2.05, 4.69) is 6.07 Å². The Kier molecular flexibility index (Phi) is 2.44. The molecule has 1 aromatic rings. The van der Waals surface area contributed by atoms with Crippen molar-refractivity contribution in [2.45, 2.75) is 26.8 Å². The molecule has 13 heavy (non-hydrogen) atoms. The molecule has 0 spiro atoms. The van der Waals surface area contributed by atoms with Crippen LogP contribution in [0.3, 0.4) is 0 Å². The van der Waals surface area contributed by atoms with Gasteiger partial charge in [-0.05, 0) is 32.9 Å². The lowest BCUT2D eigenvalue weighted by Gasteiger charge is -2.21. The van der Waals surface area contributed by atoms with Crippen molar-refractivity contribution in [3.8, 4) is 6.07 Å². The van der Waals surface area contributed by atoms with Gasteiger partial charge in [0, 0.05) is 0 Å². The van der Waals surface area contributed by atoms with Gasteiger partial charge in [-0.3, -0.25) is 0 Å². The van der Waals surface area contributed by atoms with Crippen molar-refractivity contribution in [2.24, 2.45) is 11.1 Å². The van der Waals surface area contributed by atoms with Crippen LogP contribution in [0.15, 0.2) is 16.5 Å². The molecule has 0 aliphatic rings. The monoisotopic (exact) mass is 178 g/mol. The molecule has 0 aliphatic heterocycles. The second-order valence-corrected chi connectivity index (χ2v) is 3.76. The van der Waals surface area contributed by atoms with Gasteiger partial charge in [-0.1, -0.05) is 0 Å². The SMILES string of the molecule is Cc1ccc(C(N)C(C)(C)C#N)o1. The molecule has 0 bridgehead atoms. The summed E-state index contributed by atoms with van der Waals surface area (Å²) in [7, 11) is 0. The van der Waals surface area contributed by atoms with Gasteiger partial charge in [0.05, 0.1) is 17.5 Å². The van der Waals surface area contributed by atoms with Gasteiger partial charge >= 0.3 is 0 Å². The van der Waals surface area contributed by atoms with Gasteiger partial charge in [0.25, 0.3) is 0 Å². The highest BCUT2D eigenvalue weighted by Crippen LogP contribution is 2.31. The number of aryl methyl sites for hydroxylation is 1. The van der Waals surface area contributed by atoms with Crippen LogP contribution in [0.1, 0.15) is 31.4 Å². The fraction of sp³-hybridized carbons (Fsp3) is 0.500. The van der Waals surface area contributed by atoms with Crippen LogP contribution >= 0.6 is 0 Å². The summed E-state index contributed by atoms with van der Waals surface area (Å²) in [4.78, 5) is 0. The lowest BCUT2D eigenvalue weighted by atomic mass is 9.85. The summed E-state index contributed by atoms with van der Waals surface area (Å²) < 4.78 is 5.36. The molecule has 0 aromatic carbocycles. The first-order valence-corrected chi connectivity index (χ1v) is 4.20. The molecule has 0 radical (unpaired) electrons. The standard InChI is InChI=1S/C10H14N2O/c1-7-4-5-8(13-7)9(12)10(2,3)6-11/h4-5,9H,12H2,1-3H3. The molecule has 0 saturated heterocycles. The average Bonchev–Trinajstić information content (AvgIpc) is 2.50. The Morgan fingerprint density at radius 1 is 1.54 bits per heavy atom. The number of rotatable bonds is 2. The highest BCUT2D eigenvalue weighted by Gasteiger charge is 2.29. The summed E-state index contributed by atoms with van der Waals surface area (Å²) in [6.07, 6.45) is 0. The summed E-state index contributed by atoms with van der Waals surface area (Å²) in [5, 5.41) is 8.86. The topological polar surface area (TPSA) is 63.0 Å². The molecular formula is C10H14N2O. The van der Waals surface area contributed by atoms with Crippen LogP contribution in [0.4, 0.5) is 0 Å². The van der Waals surface area contributed by atoms with E-state index in [-0.39, 0.29) is 6.04 Å². The van der Waals surface area contributed by atoms with Crippen LogP contribution in [-0.2, 0) is 0 Å².